The zero-order valence-corrected chi connectivity index (χ0v) is 10.4. The standard InChI is InChI=1S/C11H14N4S/c1-7-4-9(6-13-5-7)11-15-14-10(16-11)8(2)12-3/h4-6,8,12H,1-3H3. The molecular formula is C11H14N4S. The Hall–Kier alpha value is -1.33. The maximum absolute atomic E-state index is 4.19. The van der Waals surface area contributed by atoms with Crippen LogP contribution in [0, 0.1) is 6.92 Å². The van der Waals surface area contributed by atoms with E-state index in [1.165, 1.54) is 0 Å². The molecule has 1 unspecified atom stereocenters. The normalized spacial score (nSPS) is 12.7. The van der Waals surface area contributed by atoms with Crippen molar-refractivity contribution in [3.63, 3.8) is 0 Å². The number of rotatable bonds is 3. The van der Waals surface area contributed by atoms with E-state index < -0.39 is 0 Å². The van der Waals surface area contributed by atoms with Gasteiger partial charge < -0.3 is 5.32 Å². The number of hydrogen-bond donors (Lipinski definition) is 1. The average molecular weight is 234 g/mol. The molecule has 16 heavy (non-hydrogen) atoms. The summed E-state index contributed by atoms with van der Waals surface area (Å²) in [5, 5.41) is 13.4. The van der Waals surface area contributed by atoms with Crippen LogP contribution in [0.1, 0.15) is 23.5 Å². The molecule has 0 amide bonds. The Balaban J connectivity index is 2.31. The molecule has 0 saturated heterocycles. The van der Waals surface area contributed by atoms with Gasteiger partial charge in [0.15, 0.2) is 0 Å². The van der Waals surface area contributed by atoms with E-state index in [1.54, 1.807) is 11.3 Å². The zero-order chi connectivity index (χ0) is 11.5. The summed E-state index contributed by atoms with van der Waals surface area (Å²) in [6, 6.07) is 2.31. The number of aromatic nitrogens is 3. The van der Waals surface area contributed by atoms with Crippen molar-refractivity contribution in [1.29, 1.82) is 0 Å². The van der Waals surface area contributed by atoms with Gasteiger partial charge in [0.25, 0.3) is 0 Å². The van der Waals surface area contributed by atoms with Crippen LogP contribution in [0.3, 0.4) is 0 Å². The van der Waals surface area contributed by atoms with E-state index >= 15 is 0 Å². The minimum absolute atomic E-state index is 0.240. The van der Waals surface area contributed by atoms with Crippen molar-refractivity contribution in [3.8, 4) is 10.6 Å². The summed E-state index contributed by atoms with van der Waals surface area (Å²) in [5.41, 5.74) is 2.17. The predicted octanol–water partition coefficient (Wildman–Crippen LogP) is 2.19. The van der Waals surface area contributed by atoms with Crippen molar-refractivity contribution in [2.24, 2.45) is 0 Å². The molecule has 0 radical (unpaired) electrons. The van der Waals surface area contributed by atoms with Crippen molar-refractivity contribution >= 4 is 11.3 Å². The predicted molar refractivity (Wildman–Crippen MR) is 65.4 cm³/mol. The van der Waals surface area contributed by atoms with Crippen LogP contribution in [0.15, 0.2) is 18.5 Å². The summed E-state index contributed by atoms with van der Waals surface area (Å²) < 4.78 is 0. The molecule has 1 N–H and O–H groups in total. The second-order valence-electron chi connectivity index (χ2n) is 3.71. The van der Waals surface area contributed by atoms with Crippen molar-refractivity contribution < 1.29 is 0 Å². The number of hydrogen-bond acceptors (Lipinski definition) is 5. The maximum atomic E-state index is 4.19. The highest BCUT2D eigenvalue weighted by Crippen LogP contribution is 2.26. The first-order valence-electron chi connectivity index (χ1n) is 5.13. The molecule has 0 saturated carbocycles. The molecule has 0 bridgehead atoms. The van der Waals surface area contributed by atoms with Gasteiger partial charge in [0, 0.05) is 18.0 Å². The molecule has 0 aromatic carbocycles. The Morgan fingerprint density at radius 1 is 1.31 bits per heavy atom. The molecule has 0 spiro atoms. The van der Waals surface area contributed by atoms with Gasteiger partial charge in [-0.3, -0.25) is 4.98 Å². The fourth-order valence-electron chi connectivity index (χ4n) is 1.32. The smallest absolute Gasteiger partial charge is 0.149 e. The summed E-state index contributed by atoms with van der Waals surface area (Å²) in [6.07, 6.45) is 3.66. The zero-order valence-electron chi connectivity index (χ0n) is 9.56. The highest BCUT2D eigenvalue weighted by Gasteiger charge is 2.11. The topological polar surface area (TPSA) is 50.7 Å². The Labute approximate surface area is 98.8 Å². The second kappa shape index (κ2) is 4.67. The third-order valence-corrected chi connectivity index (χ3v) is 3.52. The van der Waals surface area contributed by atoms with E-state index in [0.29, 0.717) is 0 Å². The lowest BCUT2D eigenvalue weighted by Crippen LogP contribution is -2.11. The van der Waals surface area contributed by atoms with Crippen LogP contribution >= 0.6 is 11.3 Å². The Morgan fingerprint density at radius 2 is 2.12 bits per heavy atom. The van der Waals surface area contributed by atoms with Gasteiger partial charge in [-0.25, -0.2) is 0 Å². The number of nitrogens with one attached hydrogen (secondary N) is 1. The quantitative estimate of drug-likeness (QED) is 0.884. The SMILES string of the molecule is CNC(C)c1nnc(-c2cncc(C)c2)s1. The highest BCUT2D eigenvalue weighted by molar-refractivity contribution is 7.14. The van der Waals surface area contributed by atoms with Crippen LogP contribution in [0.5, 0.6) is 0 Å². The third-order valence-electron chi connectivity index (χ3n) is 2.37. The molecule has 84 valence electrons. The first-order chi connectivity index (χ1) is 7.70. The Kier molecular flexibility index (Phi) is 3.26. The minimum atomic E-state index is 0.240. The van der Waals surface area contributed by atoms with Crippen LogP contribution in [0.25, 0.3) is 10.6 Å². The number of aryl methyl sites for hydroxylation is 1. The van der Waals surface area contributed by atoms with Crippen LogP contribution < -0.4 is 5.32 Å². The van der Waals surface area contributed by atoms with Gasteiger partial charge in [0.2, 0.25) is 0 Å². The van der Waals surface area contributed by atoms with Crippen molar-refractivity contribution in [2.45, 2.75) is 19.9 Å². The van der Waals surface area contributed by atoms with Crippen molar-refractivity contribution in [1.82, 2.24) is 20.5 Å². The lowest BCUT2D eigenvalue weighted by molar-refractivity contribution is 0.640. The maximum Gasteiger partial charge on any atom is 0.149 e. The van der Waals surface area contributed by atoms with E-state index in [1.807, 2.05) is 26.4 Å². The van der Waals surface area contributed by atoms with Crippen LogP contribution in [-0.2, 0) is 0 Å². The molecule has 0 aliphatic heterocycles. The fraction of sp³-hybridized carbons (Fsp3) is 0.364. The first kappa shape index (κ1) is 11.2. The van der Waals surface area contributed by atoms with Crippen molar-refractivity contribution in [2.75, 3.05) is 7.05 Å². The average Bonchev–Trinajstić information content (AvgIpc) is 2.77. The summed E-state index contributed by atoms with van der Waals surface area (Å²) in [7, 11) is 1.92. The molecular weight excluding hydrogens is 220 g/mol. The van der Waals surface area contributed by atoms with Gasteiger partial charge in [0.1, 0.15) is 10.0 Å². The molecule has 4 nitrogen and oxygen atoms in total. The van der Waals surface area contributed by atoms with Crippen molar-refractivity contribution in [3.05, 3.63) is 29.0 Å². The summed E-state index contributed by atoms with van der Waals surface area (Å²) in [5.74, 6) is 0. The highest BCUT2D eigenvalue weighted by atomic mass is 32.1. The molecule has 2 aromatic heterocycles. The van der Waals surface area contributed by atoms with Crippen LogP contribution in [-0.4, -0.2) is 22.2 Å². The molecule has 2 rings (SSSR count). The van der Waals surface area contributed by atoms with E-state index in [4.69, 9.17) is 0 Å². The van der Waals surface area contributed by atoms with Crippen LogP contribution in [0.4, 0.5) is 0 Å². The Bertz CT molecular complexity index is 480. The molecule has 0 fully saturated rings. The lowest BCUT2D eigenvalue weighted by Gasteiger charge is -2.02. The molecule has 5 heteroatoms. The second-order valence-corrected chi connectivity index (χ2v) is 4.72. The van der Waals surface area contributed by atoms with E-state index in [0.717, 1.165) is 21.1 Å². The van der Waals surface area contributed by atoms with Gasteiger partial charge in [-0.2, -0.15) is 0 Å². The van der Waals surface area contributed by atoms with Gasteiger partial charge in [-0.05, 0) is 32.5 Å². The number of pyridine rings is 1. The first-order valence-corrected chi connectivity index (χ1v) is 5.95. The molecule has 1 atom stereocenters. The monoisotopic (exact) mass is 234 g/mol. The lowest BCUT2D eigenvalue weighted by atomic mass is 10.2. The molecule has 2 heterocycles. The summed E-state index contributed by atoms with van der Waals surface area (Å²) >= 11 is 1.60. The van der Waals surface area contributed by atoms with Gasteiger partial charge in [0.05, 0.1) is 6.04 Å². The van der Waals surface area contributed by atoms with E-state index in [2.05, 4.69) is 33.5 Å². The van der Waals surface area contributed by atoms with Gasteiger partial charge >= 0.3 is 0 Å². The van der Waals surface area contributed by atoms with Gasteiger partial charge in [-0.15, -0.1) is 10.2 Å². The largest absolute Gasteiger partial charge is 0.311 e. The minimum Gasteiger partial charge on any atom is -0.311 e. The molecule has 2 aromatic rings. The van der Waals surface area contributed by atoms with Gasteiger partial charge in [-0.1, -0.05) is 11.3 Å². The van der Waals surface area contributed by atoms with E-state index in [-0.39, 0.29) is 6.04 Å². The summed E-state index contributed by atoms with van der Waals surface area (Å²) in [4.78, 5) is 4.16. The Morgan fingerprint density at radius 3 is 2.81 bits per heavy atom. The third kappa shape index (κ3) is 2.25. The fourth-order valence-corrected chi connectivity index (χ4v) is 2.21. The molecule has 0 aliphatic carbocycles. The summed E-state index contributed by atoms with van der Waals surface area (Å²) in [6.45, 7) is 4.09. The van der Waals surface area contributed by atoms with E-state index in [9.17, 15) is 0 Å². The molecule has 0 aliphatic rings. The number of nitrogens with zero attached hydrogens (tertiary/aromatic N) is 3. The van der Waals surface area contributed by atoms with Crippen LogP contribution in [0.2, 0.25) is 0 Å².